The monoisotopic (exact) mass is 509 g/mol. The van der Waals surface area contributed by atoms with Gasteiger partial charge in [-0.15, -0.1) is 0 Å². The van der Waals surface area contributed by atoms with E-state index in [1.807, 2.05) is 4.90 Å². The van der Waals surface area contributed by atoms with Crippen molar-refractivity contribution in [3.8, 4) is 0 Å². The van der Waals surface area contributed by atoms with Crippen molar-refractivity contribution in [1.29, 1.82) is 0 Å². The number of nitrogens with zero attached hydrogens (tertiary/aromatic N) is 2. The third-order valence-corrected chi connectivity index (χ3v) is 8.08. The van der Waals surface area contributed by atoms with Gasteiger partial charge in [-0.2, -0.15) is 0 Å². The summed E-state index contributed by atoms with van der Waals surface area (Å²) in [5.74, 6) is -2.73. The average molecular weight is 511 g/mol. The topological polar surface area (TPSA) is 69.7 Å². The quantitative estimate of drug-likeness (QED) is 0.563. The molecule has 2 aromatic carbocycles. The molecule has 6 rings (SSSR count). The molecule has 1 spiro atoms. The molecule has 3 fully saturated rings. The van der Waals surface area contributed by atoms with Gasteiger partial charge in [-0.05, 0) is 49.7 Å². The summed E-state index contributed by atoms with van der Waals surface area (Å²) >= 11 is 25.0. The fraction of sp³-hybridized carbons (Fsp3) is 0.318. The molecule has 10 heteroatoms. The molecule has 4 aliphatic rings. The number of hydrogen-bond donors (Lipinski definition) is 1. The van der Waals surface area contributed by atoms with Crippen LogP contribution >= 0.6 is 46.4 Å². The molecule has 4 atom stereocenters. The van der Waals surface area contributed by atoms with E-state index in [-0.39, 0.29) is 17.9 Å². The van der Waals surface area contributed by atoms with Gasteiger partial charge in [0, 0.05) is 26.7 Å². The number of amides is 3. The number of fused-ring (bicyclic) bond motifs is 7. The number of benzene rings is 2. The smallest absolute Gasteiger partial charge is 0.250 e. The second-order valence-corrected chi connectivity index (χ2v) is 10.3. The second-order valence-electron chi connectivity index (χ2n) is 8.58. The third-order valence-electron chi connectivity index (χ3n) is 7.12. The zero-order valence-electron chi connectivity index (χ0n) is 16.4. The zero-order valence-corrected chi connectivity index (χ0v) is 19.4. The van der Waals surface area contributed by atoms with E-state index in [1.165, 1.54) is 18.2 Å². The van der Waals surface area contributed by atoms with Crippen LogP contribution in [0.1, 0.15) is 18.4 Å². The molecular formula is C22H15Cl4N3O3. The Morgan fingerprint density at radius 2 is 1.59 bits per heavy atom. The highest BCUT2D eigenvalue weighted by atomic mass is 35.5. The van der Waals surface area contributed by atoms with E-state index in [4.69, 9.17) is 46.4 Å². The maximum atomic E-state index is 13.9. The summed E-state index contributed by atoms with van der Waals surface area (Å²) in [5, 5.41) is 4.14. The Labute approximate surface area is 203 Å². The van der Waals surface area contributed by atoms with Gasteiger partial charge in [0.05, 0.1) is 28.2 Å². The fourth-order valence-electron chi connectivity index (χ4n) is 6.15. The average Bonchev–Trinajstić information content (AvgIpc) is 3.40. The number of carbonyl (C=O) groups is 3. The van der Waals surface area contributed by atoms with Crippen LogP contribution in [0.2, 0.25) is 20.1 Å². The van der Waals surface area contributed by atoms with Crippen LogP contribution in [0.15, 0.2) is 30.3 Å². The molecule has 0 bridgehead atoms. The molecule has 164 valence electrons. The first-order valence-electron chi connectivity index (χ1n) is 10.2. The first-order valence-corrected chi connectivity index (χ1v) is 11.7. The molecule has 0 radical (unpaired) electrons. The number of nitrogens with one attached hydrogen (secondary N) is 1. The van der Waals surface area contributed by atoms with Gasteiger partial charge in [-0.3, -0.25) is 19.3 Å². The number of halogens is 4. The van der Waals surface area contributed by atoms with E-state index in [0.29, 0.717) is 50.0 Å². The van der Waals surface area contributed by atoms with Gasteiger partial charge in [-0.1, -0.05) is 46.4 Å². The standard InChI is InChI=1S/C22H15Cl4N3O3/c23-9-4-10(24)6-12(5-9)29-19(30)16-15-2-1-3-28(15)22(17(16)20(29)31)13-7-11(25)8-14(26)18(13)27-21(22)32/h4-8,15-17H,1-3H2,(H,27,32)/t15-,16+,17-,22?/m1/s1. The summed E-state index contributed by atoms with van der Waals surface area (Å²) in [4.78, 5) is 44.3. The highest BCUT2D eigenvalue weighted by Gasteiger charge is 2.74. The van der Waals surface area contributed by atoms with Crippen molar-refractivity contribution in [2.45, 2.75) is 24.4 Å². The van der Waals surface area contributed by atoms with E-state index >= 15 is 0 Å². The minimum atomic E-state index is -1.35. The van der Waals surface area contributed by atoms with E-state index < -0.39 is 23.3 Å². The van der Waals surface area contributed by atoms with Crippen molar-refractivity contribution in [2.75, 3.05) is 16.8 Å². The van der Waals surface area contributed by atoms with E-state index in [0.717, 1.165) is 11.3 Å². The van der Waals surface area contributed by atoms with Crippen LogP contribution < -0.4 is 10.2 Å². The van der Waals surface area contributed by atoms with Crippen LogP contribution in [0.4, 0.5) is 11.4 Å². The predicted octanol–water partition coefficient (Wildman–Crippen LogP) is 4.73. The van der Waals surface area contributed by atoms with Crippen LogP contribution in [-0.4, -0.2) is 35.2 Å². The summed E-state index contributed by atoms with van der Waals surface area (Å²) in [7, 11) is 0. The van der Waals surface area contributed by atoms with Gasteiger partial charge in [0.25, 0.3) is 5.91 Å². The maximum Gasteiger partial charge on any atom is 0.250 e. The summed E-state index contributed by atoms with van der Waals surface area (Å²) < 4.78 is 0. The number of rotatable bonds is 1. The Morgan fingerprint density at radius 1 is 0.906 bits per heavy atom. The van der Waals surface area contributed by atoms with Gasteiger partial charge < -0.3 is 5.32 Å². The molecule has 0 aromatic heterocycles. The van der Waals surface area contributed by atoms with Crippen LogP contribution in [0.25, 0.3) is 0 Å². The minimum Gasteiger partial charge on any atom is -0.323 e. The Balaban J connectivity index is 1.58. The summed E-state index contributed by atoms with van der Waals surface area (Å²) in [5.41, 5.74) is -0.0581. The lowest BCUT2D eigenvalue weighted by atomic mass is 9.75. The molecule has 32 heavy (non-hydrogen) atoms. The number of imide groups is 1. The predicted molar refractivity (Wildman–Crippen MR) is 122 cm³/mol. The Kier molecular flexibility index (Phi) is 4.44. The molecule has 4 heterocycles. The van der Waals surface area contributed by atoms with Crippen molar-refractivity contribution >= 4 is 75.5 Å². The normalized spacial score (nSPS) is 30.8. The molecule has 3 saturated heterocycles. The Morgan fingerprint density at radius 3 is 2.31 bits per heavy atom. The van der Waals surface area contributed by atoms with Crippen LogP contribution in [0.5, 0.6) is 0 Å². The lowest BCUT2D eigenvalue weighted by Crippen LogP contribution is -2.54. The third kappa shape index (κ3) is 2.45. The molecule has 3 amide bonds. The van der Waals surface area contributed by atoms with Crippen LogP contribution in [-0.2, 0) is 19.9 Å². The van der Waals surface area contributed by atoms with E-state index in [1.54, 1.807) is 12.1 Å². The first-order chi connectivity index (χ1) is 15.2. The van der Waals surface area contributed by atoms with Gasteiger partial charge in [0.15, 0.2) is 0 Å². The molecular weight excluding hydrogens is 496 g/mol. The highest BCUT2D eigenvalue weighted by Crippen LogP contribution is 2.61. The van der Waals surface area contributed by atoms with Crippen molar-refractivity contribution in [2.24, 2.45) is 11.8 Å². The summed E-state index contributed by atoms with van der Waals surface area (Å²) in [6.45, 7) is 0.595. The number of anilines is 2. The largest absolute Gasteiger partial charge is 0.323 e. The molecule has 0 saturated carbocycles. The SMILES string of the molecule is O=C1[C@H]2[C@H]3CCCN3C3(C(=O)Nc4c(Cl)cc(Cl)cc43)[C@H]2C(=O)N1c1cc(Cl)cc(Cl)c1. The van der Waals surface area contributed by atoms with Crippen molar-refractivity contribution < 1.29 is 14.4 Å². The molecule has 2 aromatic rings. The highest BCUT2D eigenvalue weighted by molar-refractivity contribution is 6.38. The summed E-state index contributed by atoms with van der Waals surface area (Å²) in [6, 6.07) is 7.57. The minimum absolute atomic E-state index is 0.245. The van der Waals surface area contributed by atoms with Gasteiger partial charge in [0.2, 0.25) is 11.8 Å². The maximum absolute atomic E-state index is 13.9. The Bertz CT molecular complexity index is 1230. The van der Waals surface area contributed by atoms with E-state index in [2.05, 4.69) is 5.32 Å². The van der Waals surface area contributed by atoms with Gasteiger partial charge in [0.1, 0.15) is 5.54 Å². The first kappa shape index (κ1) is 20.8. The van der Waals surface area contributed by atoms with Crippen LogP contribution in [0.3, 0.4) is 0 Å². The van der Waals surface area contributed by atoms with Gasteiger partial charge in [-0.25, -0.2) is 4.90 Å². The number of hydrogen-bond acceptors (Lipinski definition) is 4. The molecule has 4 aliphatic heterocycles. The van der Waals surface area contributed by atoms with Gasteiger partial charge >= 0.3 is 0 Å². The second kappa shape index (κ2) is 6.84. The fourth-order valence-corrected chi connectivity index (χ4v) is 7.20. The van der Waals surface area contributed by atoms with Crippen molar-refractivity contribution in [3.63, 3.8) is 0 Å². The summed E-state index contributed by atoms with van der Waals surface area (Å²) in [6.07, 6.45) is 1.53. The Hall–Kier alpha value is -1.83. The zero-order chi connectivity index (χ0) is 22.5. The molecule has 6 nitrogen and oxygen atoms in total. The lowest BCUT2D eigenvalue weighted by molar-refractivity contribution is -0.135. The number of carbonyl (C=O) groups excluding carboxylic acids is 3. The molecule has 0 aliphatic carbocycles. The molecule has 1 N–H and O–H groups in total. The van der Waals surface area contributed by atoms with E-state index in [9.17, 15) is 14.4 Å². The van der Waals surface area contributed by atoms with Crippen molar-refractivity contribution in [1.82, 2.24) is 4.90 Å². The van der Waals surface area contributed by atoms with Crippen molar-refractivity contribution in [3.05, 3.63) is 56.0 Å². The molecule has 1 unspecified atom stereocenters. The lowest BCUT2D eigenvalue weighted by Gasteiger charge is -2.36. The van der Waals surface area contributed by atoms with Crippen LogP contribution in [0, 0.1) is 11.8 Å².